The fraction of sp³-hybridized carbons (Fsp3) is 0.375. The van der Waals surface area contributed by atoms with Crippen molar-refractivity contribution in [3.63, 3.8) is 0 Å². The maximum atomic E-state index is 13.4. The fourth-order valence-corrected chi connectivity index (χ4v) is 4.83. The van der Waals surface area contributed by atoms with Crippen molar-refractivity contribution in [3.05, 3.63) is 65.7 Å². The number of rotatable bonds is 5. The number of fused-ring (bicyclic) bond motifs is 1. The van der Waals surface area contributed by atoms with Crippen molar-refractivity contribution < 1.29 is 19.1 Å². The van der Waals surface area contributed by atoms with Gasteiger partial charge in [-0.05, 0) is 30.2 Å². The van der Waals surface area contributed by atoms with E-state index in [4.69, 9.17) is 4.74 Å². The lowest BCUT2D eigenvalue weighted by molar-refractivity contribution is -0.156. The van der Waals surface area contributed by atoms with Crippen molar-refractivity contribution in [2.24, 2.45) is 11.8 Å². The van der Waals surface area contributed by atoms with Gasteiger partial charge in [0.15, 0.2) is 5.54 Å². The normalized spacial score (nSPS) is 27.4. The Hall–Kier alpha value is -3.19. The van der Waals surface area contributed by atoms with Crippen LogP contribution < -0.4 is 10.2 Å². The summed E-state index contributed by atoms with van der Waals surface area (Å²) in [5, 5.41) is 3.40. The third kappa shape index (κ3) is 3.11. The minimum Gasteiger partial charge on any atom is -0.464 e. The van der Waals surface area contributed by atoms with E-state index in [2.05, 4.69) is 5.32 Å². The highest BCUT2D eigenvalue weighted by atomic mass is 16.5. The number of carbonyl (C=O) groups excluding carboxylic acids is 3. The molecule has 0 bridgehead atoms. The van der Waals surface area contributed by atoms with E-state index in [0.29, 0.717) is 5.56 Å². The van der Waals surface area contributed by atoms with Crippen LogP contribution in [-0.2, 0) is 24.7 Å². The maximum absolute atomic E-state index is 13.4. The van der Waals surface area contributed by atoms with E-state index < -0.39 is 29.4 Å². The molecule has 2 aromatic carbocycles. The van der Waals surface area contributed by atoms with Crippen molar-refractivity contribution >= 4 is 23.5 Å². The van der Waals surface area contributed by atoms with Gasteiger partial charge in [-0.3, -0.25) is 19.8 Å². The first-order valence-electron chi connectivity index (χ1n) is 10.4. The number of ether oxygens (including phenoxy) is 1. The number of nitrogens with zero attached hydrogens (tertiary/aromatic N) is 2. The number of imide groups is 1. The van der Waals surface area contributed by atoms with E-state index in [0.717, 1.165) is 16.2 Å². The molecule has 4 rings (SSSR count). The Balaban J connectivity index is 1.89. The highest BCUT2D eigenvalue weighted by Crippen LogP contribution is 2.53. The van der Waals surface area contributed by atoms with Gasteiger partial charge in [0.25, 0.3) is 0 Å². The summed E-state index contributed by atoms with van der Waals surface area (Å²) in [4.78, 5) is 43.0. The molecule has 31 heavy (non-hydrogen) atoms. The van der Waals surface area contributed by atoms with Crippen LogP contribution >= 0.6 is 0 Å². The summed E-state index contributed by atoms with van der Waals surface area (Å²) in [6.07, 6.45) is 0. The number of hydrogen-bond acceptors (Lipinski definition) is 6. The molecule has 2 heterocycles. The zero-order valence-electron chi connectivity index (χ0n) is 18.2. The molecule has 7 heteroatoms. The first-order valence-corrected chi connectivity index (χ1v) is 10.4. The molecule has 0 radical (unpaired) electrons. The number of carbonyl (C=O) groups is 3. The summed E-state index contributed by atoms with van der Waals surface area (Å²) in [5.41, 5.74) is 1.04. The molecule has 2 saturated heterocycles. The predicted molar refractivity (Wildman–Crippen MR) is 116 cm³/mol. The highest BCUT2D eigenvalue weighted by molar-refractivity contribution is 6.09. The molecule has 162 valence electrons. The minimum atomic E-state index is -1.44. The lowest BCUT2D eigenvalue weighted by atomic mass is 9.75. The van der Waals surface area contributed by atoms with Crippen molar-refractivity contribution in [1.29, 1.82) is 0 Å². The summed E-state index contributed by atoms with van der Waals surface area (Å²) >= 11 is 0. The molecule has 0 saturated carbocycles. The molecule has 0 aliphatic carbocycles. The number of nitrogens with one attached hydrogen (secondary N) is 1. The molecule has 1 N–H and O–H groups in total. The van der Waals surface area contributed by atoms with Crippen molar-refractivity contribution in [2.75, 3.05) is 32.6 Å². The van der Waals surface area contributed by atoms with Gasteiger partial charge in [0.2, 0.25) is 11.8 Å². The van der Waals surface area contributed by atoms with Crippen LogP contribution in [0.25, 0.3) is 0 Å². The molecular formula is C24H27N3O4. The molecule has 2 amide bonds. The number of esters is 1. The van der Waals surface area contributed by atoms with Gasteiger partial charge in [-0.2, -0.15) is 0 Å². The Morgan fingerprint density at radius 2 is 1.71 bits per heavy atom. The molecule has 0 unspecified atom stereocenters. The monoisotopic (exact) mass is 421 g/mol. The standard InChI is InChI=1S/C24H27N3O4/c1-5-31-23(30)24(16-9-7-6-8-10-16)19-18(21(28)27(4)22(19)29)20(25-24)15-11-13-17(14-12-15)26(2)3/h6-14,18-20,25H,5H2,1-4H3/t18-,19-,20-,24-/m1/s1. The summed E-state index contributed by atoms with van der Waals surface area (Å²) < 4.78 is 5.46. The third-order valence-corrected chi connectivity index (χ3v) is 6.38. The van der Waals surface area contributed by atoms with Crippen molar-refractivity contribution in [2.45, 2.75) is 18.5 Å². The van der Waals surface area contributed by atoms with Crippen LogP contribution in [0.5, 0.6) is 0 Å². The topological polar surface area (TPSA) is 79.0 Å². The molecule has 4 atom stereocenters. The lowest BCUT2D eigenvalue weighted by Gasteiger charge is -2.33. The molecule has 0 spiro atoms. The summed E-state index contributed by atoms with van der Waals surface area (Å²) in [5.74, 6) is -2.78. The van der Waals surface area contributed by atoms with Crippen LogP contribution in [0.3, 0.4) is 0 Å². The zero-order chi connectivity index (χ0) is 22.3. The molecule has 0 aromatic heterocycles. The number of likely N-dealkylation sites (tertiary alicyclic amines) is 1. The smallest absolute Gasteiger partial charge is 0.331 e. The number of benzene rings is 2. The highest BCUT2D eigenvalue weighted by Gasteiger charge is 2.69. The zero-order valence-corrected chi connectivity index (χ0v) is 18.2. The van der Waals surface area contributed by atoms with E-state index in [9.17, 15) is 14.4 Å². The van der Waals surface area contributed by atoms with Crippen LogP contribution in [0.2, 0.25) is 0 Å². The quantitative estimate of drug-likeness (QED) is 0.588. The van der Waals surface area contributed by atoms with Crippen LogP contribution in [0.4, 0.5) is 5.69 Å². The van der Waals surface area contributed by atoms with Crippen LogP contribution in [0.1, 0.15) is 24.1 Å². The maximum Gasteiger partial charge on any atom is 0.331 e. The van der Waals surface area contributed by atoms with Crippen molar-refractivity contribution in [1.82, 2.24) is 10.2 Å². The summed E-state index contributed by atoms with van der Waals surface area (Å²) in [6, 6.07) is 16.4. The Kier molecular flexibility index (Phi) is 5.31. The van der Waals surface area contributed by atoms with Crippen LogP contribution in [-0.4, -0.2) is 50.4 Å². The third-order valence-electron chi connectivity index (χ3n) is 6.38. The van der Waals surface area contributed by atoms with E-state index in [1.807, 2.05) is 61.5 Å². The van der Waals surface area contributed by atoms with E-state index in [1.165, 1.54) is 7.05 Å². The SMILES string of the molecule is CCOC(=O)[C@]1(c2ccccc2)N[C@H](c2ccc(N(C)C)cc2)[C@@H]2C(=O)N(C)C(=O)[C@@H]21. The van der Waals surface area contributed by atoms with E-state index >= 15 is 0 Å². The average molecular weight is 421 g/mol. The second kappa shape index (κ2) is 7.81. The Labute approximate surface area is 182 Å². The summed E-state index contributed by atoms with van der Waals surface area (Å²) in [6.45, 7) is 1.90. The van der Waals surface area contributed by atoms with Crippen LogP contribution in [0.15, 0.2) is 54.6 Å². The van der Waals surface area contributed by atoms with E-state index in [1.54, 1.807) is 19.1 Å². The van der Waals surface area contributed by atoms with Crippen molar-refractivity contribution in [3.8, 4) is 0 Å². The Morgan fingerprint density at radius 3 is 2.29 bits per heavy atom. The number of hydrogen-bond donors (Lipinski definition) is 1. The first-order chi connectivity index (χ1) is 14.8. The van der Waals surface area contributed by atoms with Gasteiger partial charge in [0, 0.05) is 32.9 Å². The fourth-order valence-electron chi connectivity index (χ4n) is 4.83. The predicted octanol–water partition coefficient (Wildman–Crippen LogP) is 2.09. The van der Waals surface area contributed by atoms with Gasteiger partial charge in [-0.25, -0.2) is 4.79 Å². The van der Waals surface area contributed by atoms with Gasteiger partial charge < -0.3 is 9.64 Å². The minimum absolute atomic E-state index is 0.173. The van der Waals surface area contributed by atoms with Gasteiger partial charge in [0.1, 0.15) is 0 Å². The van der Waals surface area contributed by atoms with Crippen LogP contribution in [0, 0.1) is 11.8 Å². The molecule has 2 aliphatic heterocycles. The lowest BCUT2D eigenvalue weighted by Crippen LogP contribution is -2.53. The second-order valence-corrected chi connectivity index (χ2v) is 8.24. The van der Waals surface area contributed by atoms with E-state index in [-0.39, 0.29) is 18.4 Å². The molecule has 7 nitrogen and oxygen atoms in total. The Morgan fingerprint density at radius 1 is 1.06 bits per heavy atom. The van der Waals surface area contributed by atoms with Gasteiger partial charge in [-0.1, -0.05) is 42.5 Å². The molecular weight excluding hydrogens is 394 g/mol. The van der Waals surface area contributed by atoms with Gasteiger partial charge in [0.05, 0.1) is 18.4 Å². The largest absolute Gasteiger partial charge is 0.464 e. The number of amides is 2. The molecule has 2 aliphatic rings. The average Bonchev–Trinajstić information content (AvgIpc) is 3.25. The van der Waals surface area contributed by atoms with Gasteiger partial charge in [-0.15, -0.1) is 0 Å². The van der Waals surface area contributed by atoms with Gasteiger partial charge >= 0.3 is 5.97 Å². The molecule has 2 aromatic rings. The number of anilines is 1. The first kappa shape index (κ1) is 21.1. The molecule has 2 fully saturated rings. The summed E-state index contributed by atoms with van der Waals surface area (Å²) in [7, 11) is 5.39. The Bertz CT molecular complexity index is 1010. The second-order valence-electron chi connectivity index (χ2n) is 8.24.